The molecule has 0 saturated carbocycles. The molecule has 1 aliphatic rings. The number of nitrogens with zero attached hydrogens (tertiary/aromatic N) is 1. The first-order chi connectivity index (χ1) is 18.3. The van der Waals surface area contributed by atoms with Gasteiger partial charge in [0.05, 0.1) is 18.6 Å². The predicted molar refractivity (Wildman–Crippen MR) is 153 cm³/mol. The number of methoxy groups -OCH3 is 1. The van der Waals surface area contributed by atoms with Crippen molar-refractivity contribution in [3.05, 3.63) is 95.1 Å². The normalized spacial score (nSPS) is 16.5. The molecule has 3 rings (SSSR count). The van der Waals surface area contributed by atoms with Gasteiger partial charge in [0.1, 0.15) is 6.10 Å². The molecule has 0 N–H and O–H groups in total. The number of ketones is 1. The number of carbonyl (C=O) groups excluding carboxylic acids is 2. The molecule has 0 spiro atoms. The van der Waals surface area contributed by atoms with E-state index in [4.69, 9.17) is 9.47 Å². The summed E-state index contributed by atoms with van der Waals surface area (Å²) in [7, 11) is 1.39. The van der Waals surface area contributed by atoms with Crippen molar-refractivity contribution in [1.29, 1.82) is 0 Å². The van der Waals surface area contributed by atoms with E-state index in [1.807, 2.05) is 57.2 Å². The van der Waals surface area contributed by atoms with E-state index in [1.165, 1.54) is 18.2 Å². The molecule has 38 heavy (non-hydrogen) atoms. The Bertz CT molecular complexity index is 1090. The van der Waals surface area contributed by atoms with Crippen LogP contribution >= 0.6 is 0 Å². The van der Waals surface area contributed by atoms with Gasteiger partial charge in [0, 0.05) is 25.1 Å². The van der Waals surface area contributed by atoms with Crippen LogP contribution < -0.4 is 0 Å². The molecular formula is C33H43NO4. The maximum Gasteiger partial charge on any atom is 0.315 e. The fourth-order valence-corrected chi connectivity index (χ4v) is 4.93. The van der Waals surface area contributed by atoms with E-state index < -0.39 is 5.41 Å². The summed E-state index contributed by atoms with van der Waals surface area (Å²) >= 11 is 0. The van der Waals surface area contributed by atoms with Gasteiger partial charge in [-0.2, -0.15) is 0 Å². The highest BCUT2D eigenvalue weighted by atomic mass is 16.5. The van der Waals surface area contributed by atoms with Gasteiger partial charge in [-0.05, 0) is 70.2 Å². The Morgan fingerprint density at radius 1 is 1.05 bits per heavy atom. The second kappa shape index (κ2) is 14.2. The van der Waals surface area contributed by atoms with Gasteiger partial charge in [0.15, 0.2) is 5.78 Å². The number of likely N-dealkylation sites (tertiary alicyclic amines) is 1. The molecule has 1 saturated heterocycles. The van der Waals surface area contributed by atoms with Crippen molar-refractivity contribution in [3.8, 4) is 0 Å². The van der Waals surface area contributed by atoms with E-state index in [-0.39, 0.29) is 24.0 Å². The summed E-state index contributed by atoms with van der Waals surface area (Å²) in [6.07, 6.45) is 9.75. The molecular weight excluding hydrogens is 474 g/mol. The quantitative estimate of drug-likeness (QED) is 0.175. The van der Waals surface area contributed by atoms with E-state index in [0.717, 1.165) is 44.5 Å². The molecule has 1 unspecified atom stereocenters. The van der Waals surface area contributed by atoms with Crippen LogP contribution in [-0.4, -0.2) is 49.5 Å². The molecule has 0 aliphatic carbocycles. The number of esters is 1. The van der Waals surface area contributed by atoms with Gasteiger partial charge in [0.2, 0.25) is 0 Å². The fourth-order valence-electron chi connectivity index (χ4n) is 4.93. The number of piperidine rings is 1. The number of hydrogen-bond acceptors (Lipinski definition) is 5. The van der Waals surface area contributed by atoms with E-state index in [0.29, 0.717) is 12.0 Å². The molecule has 0 amide bonds. The van der Waals surface area contributed by atoms with Crippen molar-refractivity contribution in [2.75, 3.05) is 26.7 Å². The van der Waals surface area contributed by atoms with Crippen molar-refractivity contribution in [1.82, 2.24) is 4.90 Å². The summed E-state index contributed by atoms with van der Waals surface area (Å²) in [5.74, 6) is -0.152. The van der Waals surface area contributed by atoms with Gasteiger partial charge in [-0.3, -0.25) is 9.59 Å². The van der Waals surface area contributed by atoms with E-state index in [2.05, 4.69) is 48.2 Å². The SMILES string of the molecule is C/C=C\C=C(/C)C(OC1CCN(CCCC(=O)c2ccc(C(C)(C)C(=O)OC)cc2)CC1)c1ccccc1. The first kappa shape index (κ1) is 29.5. The molecule has 5 nitrogen and oxygen atoms in total. The monoisotopic (exact) mass is 517 g/mol. The highest BCUT2D eigenvalue weighted by molar-refractivity contribution is 5.96. The van der Waals surface area contributed by atoms with Crippen LogP contribution in [0, 0.1) is 0 Å². The number of carbonyl (C=O) groups is 2. The highest BCUT2D eigenvalue weighted by Gasteiger charge is 2.31. The second-order valence-electron chi connectivity index (χ2n) is 10.6. The predicted octanol–water partition coefficient (Wildman–Crippen LogP) is 6.84. The molecule has 0 radical (unpaired) electrons. The Hall–Kier alpha value is -3.02. The molecule has 0 aromatic heterocycles. The van der Waals surface area contributed by atoms with Gasteiger partial charge in [-0.25, -0.2) is 0 Å². The van der Waals surface area contributed by atoms with Crippen molar-refractivity contribution < 1.29 is 19.1 Å². The van der Waals surface area contributed by atoms with Crippen LogP contribution in [0.5, 0.6) is 0 Å². The minimum absolute atomic E-state index is 0.0360. The fraction of sp³-hybridized carbons (Fsp3) is 0.455. The Morgan fingerprint density at radius 2 is 1.71 bits per heavy atom. The number of hydrogen-bond donors (Lipinski definition) is 0. The van der Waals surface area contributed by atoms with Crippen LogP contribution in [0.25, 0.3) is 0 Å². The number of benzene rings is 2. The summed E-state index contributed by atoms with van der Waals surface area (Å²) in [4.78, 5) is 27.2. The average molecular weight is 518 g/mol. The number of rotatable bonds is 12. The van der Waals surface area contributed by atoms with E-state index >= 15 is 0 Å². The molecule has 5 heteroatoms. The van der Waals surface area contributed by atoms with Crippen LogP contribution in [0.4, 0.5) is 0 Å². The summed E-state index contributed by atoms with van der Waals surface area (Å²) in [5, 5.41) is 0. The van der Waals surface area contributed by atoms with Crippen molar-refractivity contribution >= 4 is 11.8 Å². The van der Waals surface area contributed by atoms with Crippen LogP contribution in [0.2, 0.25) is 0 Å². The zero-order valence-electron chi connectivity index (χ0n) is 23.6. The Morgan fingerprint density at radius 3 is 2.32 bits per heavy atom. The lowest BCUT2D eigenvalue weighted by molar-refractivity contribution is -0.146. The highest BCUT2D eigenvalue weighted by Crippen LogP contribution is 2.30. The number of allylic oxidation sites excluding steroid dienone is 3. The number of ether oxygens (including phenoxy) is 2. The second-order valence-corrected chi connectivity index (χ2v) is 10.6. The summed E-state index contributed by atoms with van der Waals surface area (Å²) in [5.41, 5.74) is 3.18. The van der Waals surface area contributed by atoms with Gasteiger partial charge in [0.25, 0.3) is 0 Å². The Kier molecular flexibility index (Phi) is 11.1. The first-order valence-corrected chi connectivity index (χ1v) is 13.7. The standard InChI is InChI=1S/C33H43NO4/c1-6-7-12-25(2)31(27-13-9-8-10-14-27)38-29-20-23-34(24-21-29)22-11-15-30(35)26-16-18-28(19-17-26)33(3,4)32(36)37-5/h6-10,12-14,16-19,29,31H,11,15,20-24H2,1-5H3/b7-6-,25-12+. The van der Waals surface area contributed by atoms with Crippen LogP contribution in [-0.2, 0) is 19.7 Å². The van der Waals surface area contributed by atoms with Crippen LogP contribution in [0.1, 0.15) is 81.0 Å². The summed E-state index contributed by atoms with van der Waals surface area (Å²) in [6, 6.07) is 17.8. The summed E-state index contributed by atoms with van der Waals surface area (Å²) < 4.78 is 11.5. The molecule has 0 bridgehead atoms. The van der Waals surface area contributed by atoms with Crippen molar-refractivity contribution in [2.45, 2.75) is 71.0 Å². The lowest BCUT2D eigenvalue weighted by Crippen LogP contribution is -2.38. The third-order valence-electron chi connectivity index (χ3n) is 7.43. The van der Waals surface area contributed by atoms with Crippen LogP contribution in [0.3, 0.4) is 0 Å². The van der Waals surface area contributed by atoms with Gasteiger partial charge >= 0.3 is 5.97 Å². The lowest BCUT2D eigenvalue weighted by Gasteiger charge is -2.34. The third kappa shape index (κ3) is 7.99. The molecule has 204 valence electrons. The minimum atomic E-state index is -0.741. The van der Waals surface area contributed by atoms with Gasteiger partial charge in [-0.15, -0.1) is 0 Å². The van der Waals surface area contributed by atoms with E-state index in [9.17, 15) is 9.59 Å². The smallest absolute Gasteiger partial charge is 0.315 e. The average Bonchev–Trinajstić information content (AvgIpc) is 2.95. The molecule has 1 aliphatic heterocycles. The Balaban J connectivity index is 1.46. The number of Topliss-reactive ketones (excluding diaryl/α,β-unsaturated/α-hetero) is 1. The molecule has 2 aromatic carbocycles. The largest absolute Gasteiger partial charge is 0.468 e. The van der Waals surface area contributed by atoms with E-state index in [1.54, 1.807) is 0 Å². The maximum absolute atomic E-state index is 12.7. The zero-order valence-corrected chi connectivity index (χ0v) is 23.6. The lowest BCUT2D eigenvalue weighted by atomic mass is 9.84. The zero-order chi connectivity index (χ0) is 27.5. The molecule has 1 heterocycles. The van der Waals surface area contributed by atoms with Gasteiger partial charge in [-0.1, -0.05) is 72.8 Å². The topological polar surface area (TPSA) is 55.8 Å². The molecule has 1 atom stereocenters. The molecule has 2 aromatic rings. The third-order valence-corrected chi connectivity index (χ3v) is 7.43. The molecule has 1 fully saturated rings. The maximum atomic E-state index is 12.7. The van der Waals surface area contributed by atoms with Gasteiger partial charge < -0.3 is 14.4 Å². The summed E-state index contributed by atoms with van der Waals surface area (Å²) in [6.45, 7) is 10.7. The van der Waals surface area contributed by atoms with Crippen LogP contribution in [0.15, 0.2) is 78.4 Å². The van der Waals surface area contributed by atoms with Crippen molar-refractivity contribution in [2.24, 2.45) is 0 Å². The minimum Gasteiger partial charge on any atom is -0.468 e. The first-order valence-electron chi connectivity index (χ1n) is 13.7. The Labute approximate surface area is 228 Å². The van der Waals surface area contributed by atoms with Crippen molar-refractivity contribution in [3.63, 3.8) is 0 Å².